The minimum absolute atomic E-state index is 0.170. The molecule has 16 aromatic rings. The van der Waals surface area contributed by atoms with Crippen LogP contribution in [0.5, 0.6) is 0 Å². The lowest BCUT2D eigenvalue weighted by molar-refractivity contribution is 0.669. The molecule has 2 aliphatic rings. The average Bonchev–Trinajstić information content (AvgIpc) is 1.56. The van der Waals surface area contributed by atoms with E-state index in [9.17, 15) is 0 Å². The van der Waals surface area contributed by atoms with E-state index in [1.807, 2.05) is 11.3 Å². The molecule has 0 radical (unpaired) electrons. The number of hydrogen-bond acceptors (Lipinski definition) is 4. The van der Waals surface area contributed by atoms with Crippen molar-refractivity contribution in [2.45, 2.75) is 0 Å². The molecule has 0 unspecified atom stereocenters. The fourth-order valence-electron chi connectivity index (χ4n) is 14.1. The molecule has 4 nitrogen and oxygen atoms in total. The van der Waals surface area contributed by atoms with Gasteiger partial charge in [0, 0.05) is 87.0 Å². The predicted octanol–water partition coefficient (Wildman–Crippen LogP) is 19.8. The highest BCUT2D eigenvalue weighted by molar-refractivity contribution is 7.25. The van der Waals surface area contributed by atoms with Crippen LogP contribution in [0.25, 0.3) is 114 Å². The maximum absolute atomic E-state index is 6.49. The highest BCUT2D eigenvalue weighted by Crippen LogP contribution is 2.51. The van der Waals surface area contributed by atoms with Gasteiger partial charge in [-0.15, -0.1) is 11.3 Å². The average molecular weight is 1090 g/mol. The van der Waals surface area contributed by atoms with Crippen molar-refractivity contribution in [1.29, 1.82) is 0 Å². The van der Waals surface area contributed by atoms with Gasteiger partial charge < -0.3 is 18.8 Å². The lowest BCUT2D eigenvalue weighted by Crippen LogP contribution is -2.61. The highest BCUT2D eigenvalue weighted by atomic mass is 32.1. The summed E-state index contributed by atoms with van der Waals surface area (Å²) in [4.78, 5) is 5.19. The monoisotopic (exact) mass is 1090 g/mol. The van der Waals surface area contributed by atoms with E-state index >= 15 is 0 Å². The zero-order chi connectivity index (χ0) is 55.0. The summed E-state index contributed by atoms with van der Waals surface area (Å²) in [5, 5.41) is 7.22. The number of fused-ring (bicyclic) bond motifs is 13. The molecule has 0 N–H and O–H groups in total. The third-order valence-electron chi connectivity index (χ3n) is 17.8. The Morgan fingerprint density at radius 1 is 0.298 bits per heavy atom. The molecule has 5 heterocycles. The van der Waals surface area contributed by atoms with Crippen molar-refractivity contribution < 1.29 is 4.42 Å². The van der Waals surface area contributed by atoms with Crippen molar-refractivity contribution in [1.82, 2.24) is 4.57 Å². The zero-order valence-corrected chi connectivity index (χ0v) is 46.3. The summed E-state index contributed by atoms with van der Waals surface area (Å²) >= 11 is 1.87. The Bertz CT molecular complexity index is 5010. The number of hydrogen-bond donors (Lipinski definition) is 0. The number of nitrogens with zero attached hydrogens (tertiary/aromatic N) is 3. The molecule has 18 rings (SSSR count). The molecule has 0 fully saturated rings. The molecule has 6 heteroatoms. The van der Waals surface area contributed by atoms with Crippen molar-refractivity contribution in [2.75, 3.05) is 9.80 Å². The first-order chi connectivity index (χ1) is 41.7. The molecule has 13 aromatic carbocycles. The summed E-state index contributed by atoms with van der Waals surface area (Å²) in [6, 6.07) is 108. The maximum Gasteiger partial charge on any atom is 0.252 e. The summed E-state index contributed by atoms with van der Waals surface area (Å²) in [5.74, 6) is 0. The number of para-hydroxylation sites is 5. The van der Waals surface area contributed by atoms with E-state index in [4.69, 9.17) is 4.42 Å². The third kappa shape index (κ3) is 7.08. The smallest absolute Gasteiger partial charge is 0.252 e. The second-order valence-corrected chi connectivity index (χ2v) is 23.4. The Kier molecular flexibility index (Phi) is 10.3. The largest absolute Gasteiger partial charge is 0.456 e. The van der Waals surface area contributed by atoms with E-state index in [0.717, 1.165) is 78.2 Å². The highest BCUT2D eigenvalue weighted by Gasteiger charge is 2.45. The standard InChI is InChI=1S/C78H48BN3OS/c1-3-17-49(18-4-1)51-33-39-55(40-34-51)81-70-47-57(80-68-29-11-7-21-60(68)61-22-8-12-30-69(61)80)48-71-76(70)79(66-27-15-25-58(77(66)81)53-37-43-73-64(45-53)62-23-9-13-31-72(62)83-73)67-28-16-26-59(54-38-44-75-65(46-54)63-24-10-14-32-74(63)84-75)78(67)82(71)56-41-35-52(36-42-56)50-19-5-2-6-20-50/h1-48H. The summed E-state index contributed by atoms with van der Waals surface area (Å²) in [6.45, 7) is -0.170. The van der Waals surface area contributed by atoms with E-state index in [-0.39, 0.29) is 6.71 Å². The fourth-order valence-corrected chi connectivity index (χ4v) is 15.2. The van der Waals surface area contributed by atoms with Gasteiger partial charge in [0.15, 0.2) is 0 Å². The van der Waals surface area contributed by atoms with Crippen molar-refractivity contribution in [3.63, 3.8) is 0 Å². The molecule has 0 spiro atoms. The van der Waals surface area contributed by atoms with Gasteiger partial charge in [-0.25, -0.2) is 0 Å². The molecule has 2 aliphatic heterocycles. The summed E-state index contributed by atoms with van der Waals surface area (Å²) in [7, 11) is 0. The van der Waals surface area contributed by atoms with Gasteiger partial charge in [-0.05, 0) is 135 Å². The van der Waals surface area contributed by atoms with E-state index in [0.29, 0.717) is 0 Å². The van der Waals surface area contributed by atoms with Crippen LogP contribution in [0, 0.1) is 0 Å². The van der Waals surface area contributed by atoms with Crippen molar-refractivity contribution >= 4 is 132 Å². The summed E-state index contributed by atoms with van der Waals surface area (Å²) in [6.07, 6.45) is 0. The first-order valence-electron chi connectivity index (χ1n) is 28.8. The van der Waals surface area contributed by atoms with Gasteiger partial charge in [-0.2, -0.15) is 0 Å². The minimum Gasteiger partial charge on any atom is -0.456 e. The summed E-state index contributed by atoms with van der Waals surface area (Å²) < 4.78 is 11.6. The van der Waals surface area contributed by atoms with E-state index in [2.05, 4.69) is 306 Å². The zero-order valence-electron chi connectivity index (χ0n) is 45.4. The van der Waals surface area contributed by atoms with Crippen LogP contribution < -0.4 is 26.2 Å². The maximum atomic E-state index is 6.49. The van der Waals surface area contributed by atoms with Gasteiger partial charge in [0.05, 0.1) is 16.7 Å². The third-order valence-corrected chi connectivity index (χ3v) is 18.9. The van der Waals surface area contributed by atoms with Gasteiger partial charge in [-0.1, -0.05) is 206 Å². The Balaban J connectivity index is 0.973. The van der Waals surface area contributed by atoms with Gasteiger partial charge >= 0.3 is 0 Å². The quantitative estimate of drug-likeness (QED) is 0.149. The molecule has 390 valence electrons. The normalized spacial score (nSPS) is 12.7. The number of furan rings is 1. The van der Waals surface area contributed by atoms with Crippen molar-refractivity contribution in [3.05, 3.63) is 291 Å². The van der Waals surface area contributed by atoms with Crippen LogP contribution in [0.4, 0.5) is 34.1 Å². The van der Waals surface area contributed by atoms with Crippen LogP contribution in [-0.2, 0) is 0 Å². The molecular formula is C78H48BN3OS. The van der Waals surface area contributed by atoms with Crippen LogP contribution in [-0.4, -0.2) is 11.3 Å². The lowest BCUT2D eigenvalue weighted by Gasteiger charge is -2.45. The Hall–Kier alpha value is -10.7. The van der Waals surface area contributed by atoms with Gasteiger partial charge in [-0.3, -0.25) is 0 Å². The van der Waals surface area contributed by atoms with Gasteiger partial charge in [0.1, 0.15) is 11.2 Å². The number of rotatable bonds is 7. The van der Waals surface area contributed by atoms with E-state index in [1.54, 1.807) is 0 Å². The van der Waals surface area contributed by atoms with Crippen LogP contribution in [0.2, 0.25) is 0 Å². The molecule has 3 aromatic heterocycles. The molecule has 0 bridgehead atoms. The van der Waals surface area contributed by atoms with Gasteiger partial charge in [0.2, 0.25) is 0 Å². The second kappa shape index (κ2) is 18.4. The molecule has 0 aliphatic carbocycles. The SMILES string of the molecule is c1ccc(-c2ccc(N3c4cc(-n5c6ccccc6c6ccccc65)cc5c4B(c4cccc(-c6ccc7oc8ccccc8c7c6)c43)c3cccc(-c4ccc6sc7ccccc7c6c4)c3N5c3ccc(-c4ccccc4)cc3)cc2)cc1. The molecule has 0 atom stereocenters. The van der Waals surface area contributed by atoms with Crippen LogP contribution in [0.1, 0.15) is 0 Å². The van der Waals surface area contributed by atoms with Crippen LogP contribution >= 0.6 is 11.3 Å². The molecule has 0 saturated carbocycles. The molecule has 84 heavy (non-hydrogen) atoms. The number of benzene rings is 13. The van der Waals surface area contributed by atoms with Gasteiger partial charge in [0.25, 0.3) is 6.71 Å². The fraction of sp³-hybridized carbons (Fsp3) is 0. The Morgan fingerprint density at radius 3 is 1.35 bits per heavy atom. The Morgan fingerprint density at radius 2 is 0.750 bits per heavy atom. The van der Waals surface area contributed by atoms with Crippen molar-refractivity contribution in [2.24, 2.45) is 0 Å². The number of aromatic nitrogens is 1. The Labute approximate surface area is 489 Å². The summed E-state index contributed by atoms with van der Waals surface area (Å²) in [5.41, 5.74) is 25.0. The minimum atomic E-state index is -0.170. The lowest BCUT2D eigenvalue weighted by atomic mass is 9.33. The first kappa shape index (κ1) is 47.0. The second-order valence-electron chi connectivity index (χ2n) is 22.3. The van der Waals surface area contributed by atoms with Crippen molar-refractivity contribution in [3.8, 4) is 50.2 Å². The molecule has 0 amide bonds. The molecular weight excluding hydrogens is 1040 g/mol. The van der Waals surface area contributed by atoms with Crippen LogP contribution in [0.15, 0.2) is 296 Å². The van der Waals surface area contributed by atoms with E-state index < -0.39 is 0 Å². The van der Waals surface area contributed by atoms with E-state index in [1.165, 1.54) is 86.4 Å². The first-order valence-corrected chi connectivity index (χ1v) is 29.7. The molecule has 0 saturated heterocycles. The number of anilines is 6. The number of thiophene rings is 1. The van der Waals surface area contributed by atoms with Crippen LogP contribution in [0.3, 0.4) is 0 Å². The predicted molar refractivity (Wildman–Crippen MR) is 357 cm³/mol. The topological polar surface area (TPSA) is 24.6 Å².